The molecule has 0 fully saturated rings. The molecule has 1 aliphatic rings. The predicted molar refractivity (Wildman–Crippen MR) is 93.1 cm³/mol. The van der Waals surface area contributed by atoms with Gasteiger partial charge in [0.05, 0.1) is 6.42 Å². The number of hydrogen-bond acceptors (Lipinski definition) is 5. The molecule has 0 saturated carbocycles. The lowest BCUT2D eigenvalue weighted by molar-refractivity contribution is -0.135. The maximum Gasteiger partial charge on any atom is 0.312 e. The first kappa shape index (κ1) is 17.1. The van der Waals surface area contributed by atoms with E-state index in [2.05, 4.69) is 0 Å². The average Bonchev–Trinajstić information content (AvgIpc) is 2.50. The summed E-state index contributed by atoms with van der Waals surface area (Å²) >= 11 is 0. The molecule has 2 aromatic rings. The van der Waals surface area contributed by atoms with Gasteiger partial charge < -0.3 is 20.1 Å². The van der Waals surface area contributed by atoms with E-state index in [1.54, 1.807) is 24.3 Å². The zero-order chi connectivity index (χ0) is 18.4. The number of phenolic OH excluding ortho intramolecular Hbond substituents is 3. The summed E-state index contributed by atoms with van der Waals surface area (Å²) in [5.74, 6) is -0.601. The molecule has 2 aromatic carbocycles. The maximum atomic E-state index is 12.2. The standard InChI is InChI=1S/C20H22O5/c1-20(2,3)10-14-15(22)9-16(23)18-13(8-17(24)25-19(14)18)11-4-6-12(21)7-5-11/h4-7,9,13,21-23H,8,10H2,1-3H3. The Morgan fingerprint density at radius 2 is 1.72 bits per heavy atom. The van der Waals surface area contributed by atoms with Gasteiger partial charge in [0.1, 0.15) is 23.0 Å². The number of fused-ring (bicyclic) bond motifs is 1. The lowest BCUT2D eigenvalue weighted by atomic mass is 9.81. The number of esters is 1. The monoisotopic (exact) mass is 342 g/mol. The summed E-state index contributed by atoms with van der Waals surface area (Å²) < 4.78 is 5.44. The van der Waals surface area contributed by atoms with Crippen molar-refractivity contribution in [3.8, 4) is 23.0 Å². The van der Waals surface area contributed by atoms with Gasteiger partial charge in [-0.3, -0.25) is 4.79 Å². The van der Waals surface area contributed by atoms with Gasteiger partial charge in [0.2, 0.25) is 0 Å². The second-order valence-electron chi connectivity index (χ2n) is 7.70. The minimum atomic E-state index is -0.411. The highest BCUT2D eigenvalue weighted by Gasteiger charge is 2.35. The fraction of sp³-hybridized carbons (Fsp3) is 0.350. The molecule has 5 nitrogen and oxygen atoms in total. The first-order chi connectivity index (χ1) is 11.7. The molecule has 1 atom stereocenters. The maximum absolute atomic E-state index is 12.2. The molecule has 132 valence electrons. The summed E-state index contributed by atoms with van der Waals surface area (Å²) in [5.41, 5.74) is 1.68. The lowest BCUT2D eigenvalue weighted by Crippen LogP contribution is -2.23. The Balaban J connectivity index is 2.19. The van der Waals surface area contributed by atoms with Crippen LogP contribution < -0.4 is 4.74 Å². The molecule has 0 aliphatic carbocycles. The normalized spacial score (nSPS) is 17.1. The topological polar surface area (TPSA) is 87.0 Å². The lowest BCUT2D eigenvalue weighted by Gasteiger charge is -2.29. The molecular formula is C20H22O5. The molecule has 0 aromatic heterocycles. The Morgan fingerprint density at radius 3 is 2.32 bits per heavy atom. The second kappa shape index (κ2) is 5.99. The van der Waals surface area contributed by atoms with Crippen LogP contribution in [0.25, 0.3) is 0 Å². The molecule has 3 rings (SSSR count). The van der Waals surface area contributed by atoms with Crippen molar-refractivity contribution in [2.45, 2.75) is 39.5 Å². The highest BCUT2D eigenvalue weighted by molar-refractivity contribution is 5.80. The molecule has 0 amide bonds. The molecular weight excluding hydrogens is 320 g/mol. The number of aromatic hydroxyl groups is 3. The van der Waals surface area contributed by atoms with Crippen molar-refractivity contribution in [3.05, 3.63) is 47.0 Å². The molecule has 1 heterocycles. The van der Waals surface area contributed by atoms with Crippen molar-refractivity contribution < 1.29 is 24.9 Å². The minimum Gasteiger partial charge on any atom is -0.508 e. The van der Waals surface area contributed by atoms with Gasteiger partial charge in [-0.05, 0) is 29.5 Å². The van der Waals surface area contributed by atoms with Crippen molar-refractivity contribution in [1.82, 2.24) is 0 Å². The van der Waals surface area contributed by atoms with Crippen molar-refractivity contribution >= 4 is 5.97 Å². The molecule has 1 unspecified atom stereocenters. The van der Waals surface area contributed by atoms with Crippen molar-refractivity contribution in [2.24, 2.45) is 5.41 Å². The molecule has 0 bridgehead atoms. The molecule has 0 radical (unpaired) electrons. The van der Waals surface area contributed by atoms with E-state index in [0.717, 1.165) is 5.56 Å². The number of carbonyl (C=O) groups excluding carboxylic acids is 1. The van der Waals surface area contributed by atoms with Crippen molar-refractivity contribution in [3.63, 3.8) is 0 Å². The van der Waals surface area contributed by atoms with Crippen LogP contribution in [0.3, 0.4) is 0 Å². The number of benzene rings is 2. The van der Waals surface area contributed by atoms with Gasteiger partial charge in [-0.1, -0.05) is 32.9 Å². The highest BCUT2D eigenvalue weighted by Crippen LogP contribution is 2.49. The Morgan fingerprint density at radius 1 is 1.08 bits per heavy atom. The Bertz CT molecular complexity index is 815. The summed E-state index contributed by atoms with van der Waals surface area (Å²) in [6.45, 7) is 6.06. The quantitative estimate of drug-likeness (QED) is 0.570. The summed E-state index contributed by atoms with van der Waals surface area (Å²) in [7, 11) is 0. The molecule has 5 heteroatoms. The number of hydrogen-bond donors (Lipinski definition) is 3. The van der Waals surface area contributed by atoms with Crippen LogP contribution in [0.4, 0.5) is 0 Å². The Kier molecular flexibility index (Phi) is 4.11. The predicted octanol–water partition coefficient (Wildman–Crippen LogP) is 3.83. The van der Waals surface area contributed by atoms with Gasteiger partial charge in [0.25, 0.3) is 0 Å². The second-order valence-corrected chi connectivity index (χ2v) is 7.70. The number of rotatable bonds is 2. The third-order valence-electron chi connectivity index (χ3n) is 4.32. The summed E-state index contributed by atoms with van der Waals surface area (Å²) in [5, 5.41) is 30.2. The smallest absolute Gasteiger partial charge is 0.312 e. The van der Waals surface area contributed by atoms with Gasteiger partial charge in [0.15, 0.2) is 0 Å². The third kappa shape index (κ3) is 3.40. The Hall–Kier alpha value is -2.69. The fourth-order valence-electron chi connectivity index (χ4n) is 3.26. The van der Waals surface area contributed by atoms with Gasteiger partial charge >= 0.3 is 5.97 Å². The van der Waals surface area contributed by atoms with Gasteiger partial charge in [0, 0.05) is 23.1 Å². The van der Waals surface area contributed by atoms with Crippen LogP contribution in [0.2, 0.25) is 0 Å². The molecule has 3 N–H and O–H groups in total. The van der Waals surface area contributed by atoms with Crippen LogP contribution in [0.5, 0.6) is 23.0 Å². The van der Waals surface area contributed by atoms with E-state index in [-0.39, 0.29) is 34.8 Å². The number of ether oxygens (including phenoxy) is 1. The van der Waals surface area contributed by atoms with Gasteiger partial charge in [-0.25, -0.2) is 0 Å². The van der Waals surface area contributed by atoms with E-state index in [1.807, 2.05) is 20.8 Å². The Labute approximate surface area is 146 Å². The van der Waals surface area contributed by atoms with Crippen LogP contribution >= 0.6 is 0 Å². The van der Waals surface area contributed by atoms with Gasteiger partial charge in [-0.15, -0.1) is 0 Å². The van der Waals surface area contributed by atoms with E-state index >= 15 is 0 Å². The van der Waals surface area contributed by atoms with Crippen LogP contribution in [-0.4, -0.2) is 21.3 Å². The highest BCUT2D eigenvalue weighted by atomic mass is 16.5. The van der Waals surface area contributed by atoms with Crippen LogP contribution in [0.1, 0.15) is 49.8 Å². The SMILES string of the molecule is CC(C)(C)Cc1c(O)cc(O)c2c1OC(=O)CC2c1ccc(O)cc1. The fourth-order valence-corrected chi connectivity index (χ4v) is 3.26. The zero-order valence-corrected chi connectivity index (χ0v) is 14.5. The molecule has 0 saturated heterocycles. The molecule has 0 spiro atoms. The number of carbonyl (C=O) groups is 1. The number of phenols is 3. The van der Waals surface area contributed by atoms with Crippen LogP contribution in [0.15, 0.2) is 30.3 Å². The van der Waals surface area contributed by atoms with Crippen LogP contribution in [-0.2, 0) is 11.2 Å². The summed E-state index contributed by atoms with van der Waals surface area (Å²) in [6, 6.07) is 7.84. The largest absolute Gasteiger partial charge is 0.508 e. The molecule has 25 heavy (non-hydrogen) atoms. The average molecular weight is 342 g/mol. The van der Waals surface area contributed by atoms with Crippen molar-refractivity contribution in [2.75, 3.05) is 0 Å². The third-order valence-corrected chi connectivity index (χ3v) is 4.32. The van der Waals surface area contributed by atoms with Gasteiger partial charge in [-0.2, -0.15) is 0 Å². The molecule has 1 aliphatic heterocycles. The first-order valence-corrected chi connectivity index (χ1v) is 8.23. The van der Waals surface area contributed by atoms with E-state index in [4.69, 9.17) is 4.74 Å². The van der Waals surface area contributed by atoms with E-state index in [1.165, 1.54) is 6.07 Å². The van der Waals surface area contributed by atoms with Crippen LogP contribution in [0, 0.1) is 5.41 Å². The zero-order valence-electron chi connectivity index (χ0n) is 14.5. The van der Waals surface area contributed by atoms with Crippen molar-refractivity contribution in [1.29, 1.82) is 0 Å². The first-order valence-electron chi connectivity index (χ1n) is 8.23. The summed E-state index contributed by atoms with van der Waals surface area (Å²) in [6.07, 6.45) is 0.585. The van der Waals surface area contributed by atoms with E-state index in [9.17, 15) is 20.1 Å². The van der Waals surface area contributed by atoms with E-state index in [0.29, 0.717) is 17.5 Å². The van der Waals surface area contributed by atoms with E-state index < -0.39 is 11.9 Å². The minimum absolute atomic E-state index is 0.0784. The summed E-state index contributed by atoms with van der Waals surface area (Å²) in [4.78, 5) is 12.2.